The zero-order valence-corrected chi connectivity index (χ0v) is 8.77. The molecule has 0 spiro atoms. The molecule has 1 aliphatic heterocycles. The zero-order valence-electron chi connectivity index (χ0n) is 8.77. The van der Waals surface area contributed by atoms with E-state index in [4.69, 9.17) is 5.11 Å². The second-order valence-electron chi connectivity index (χ2n) is 3.99. The maximum atomic E-state index is 11.6. The molecule has 1 atom stereocenters. The molecule has 1 aromatic rings. The van der Waals surface area contributed by atoms with Gasteiger partial charge in [0.25, 0.3) is 0 Å². The molecule has 0 saturated heterocycles. The number of aliphatic carboxylic acids is 1. The zero-order chi connectivity index (χ0) is 11.5. The van der Waals surface area contributed by atoms with Crippen LogP contribution in [-0.4, -0.2) is 17.0 Å². The summed E-state index contributed by atoms with van der Waals surface area (Å²) in [6, 6.07) is 7.73. The predicted molar refractivity (Wildman–Crippen MR) is 57.7 cm³/mol. The quantitative estimate of drug-likeness (QED) is 0.778. The van der Waals surface area contributed by atoms with Gasteiger partial charge in [-0.2, -0.15) is 0 Å². The lowest BCUT2D eigenvalue weighted by molar-refractivity contribution is -0.141. The van der Waals surface area contributed by atoms with Crippen LogP contribution in [-0.2, 0) is 22.6 Å². The van der Waals surface area contributed by atoms with Gasteiger partial charge in [-0.15, -0.1) is 0 Å². The lowest BCUT2D eigenvalue weighted by Gasteiger charge is -2.10. The number of carbonyl (C=O) groups excluding carboxylic acids is 1. The van der Waals surface area contributed by atoms with Gasteiger partial charge >= 0.3 is 5.97 Å². The smallest absolute Gasteiger partial charge is 0.304 e. The number of hydrogen-bond acceptors (Lipinski definition) is 2. The third-order valence-electron chi connectivity index (χ3n) is 2.83. The van der Waals surface area contributed by atoms with Crippen molar-refractivity contribution in [1.82, 2.24) is 5.32 Å². The summed E-state index contributed by atoms with van der Waals surface area (Å²) in [6.07, 6.45) is 0.397. The Morgan fingerprint density at radius 1 is 1.38 bits per heavy atom. The molecule has 0 fully saturated rings. The van der Waals surface area contributed by atoms with Crippen LogP contribution in [0, 0.1) is 5.92 Å². The third-order valence-corrected chi connectivity index (χ3v) is 2.83. The summed E-state index contributed by atoms with van der Waals surface area (Å²) in [4.78, 5) is 22.3. The summed E-state index contributed by atoms with van der Waals surface area (Å²) in [5, 5.41) is 11.5. The number of carbonyl (C=O) groups is 2. The van der Waals surface area contributed by atoms with Gasteiger partial charge in [0.05, 0.1) is 12.3 Å². The van der Waals surface area contributed by atoms with Crippen LogP contribution in [0.3, 0.4) is 0 Å². The van der Waals surface area contributed by atoms with Crippen molar-refractivity contribution in [3.05, 3.63) is 35.4 Å². The molecule has 4 heteroatoms. The van der Waals surface area contributed by atoms with Gasteiger partial charge in [0.1, 0.15) is 0 Å². The van der Waals surface area contributed by atoms with Gasteiger partial charge in [-0.3, -0.25) is 9.59 Å². The van der Waals surface area contributed by atoms with Crippen LogP contribution in [0.2, 0.25) is 0 Å². The van der Waals surface area contributed by atoms with Crippen LogP contribution in [0.25, 0.3) is 0 Å². The van der Waals surface area contributed by atoms with Gasteiger partial charge in [-0.05, 0) is 17.5 Å². The number of nitrogens with one attached hydrogen (secondary N) is 1. The molecule has 0 radical (unpaired) electrons. The summed E-state index contributed by atoms with van der Waals surface area (Å²) in [7, 11) is 0. The number of hydrogen-bond donors (Lipinski definition) is 2. The van der Waals surface area contributed by atoms with Gasteiger partial charge in [0.2, 0.25) is 5.91 Å². The van der Waals surface area contributed by atoms with Crippen molar-refractivity contribution in [2.24, 2.45) is 5.92 Å². The van der Waals surface area contributed by atoms with E-state index in [1.165, 1.54) is 0 Å². The number of fused-ring (bicyclic) bond motifs is 1. The molecular formula is C12H13NO3. The number of carboxylic acid groups (broad SMARTS) is 1. The SMILES string of the molecule is O=C(O)CC1Cc2ccccc2CNC1=O. The van der Waals surface area contributed by atoms with E-state index in [-0.39, 0.29) is 12.3 Å². The Kier molecular flexibility index (Phi) is 2.90. The maximum Gasteiger partial charge on any atom is 0.304 e. The Bertz CT molecular complexity index is 428. The summed E-state index contributed by atoms with van der Waals surface area (Å²) in [5.41, 5.74) is 2.14. The molecule has 0 aliphatic carbocycles. The first-order valence-electron chi connectivity index (χ1n) is 5.23. The highest BCUT2D eigenvalue weighted by Crippen LogP contribution is 2.20. The molecule has 1 aliphatic rings. The Hall–Kier alpha value is -1.84. The average Bonchev–Trinajstić information content (AvgIpc) is 2.39. The lowest BCUT2D eigenvalue weighted by Crippen LogP contribution is -2.30. The van der Waals surface area contributed by atoms with Crippen molar-refractivity contribution in [2.45, 2.75) is 19.4 Å². The van der Waals surface area contributed by atoms with Gasteiger partial charge < -0.3 is 10.4 Å². The Labute approximate surface area is 93.3 Å². The topological polar surface area (TPSA) is 66.4 Å². The normalized spacial score (nSPS) is 19.5. The second-order valence-corrected chi connectivity index (χ2v) is 3.99. The summed E-state index contributed by atoms with van der Waals surface area (Å²) < 4.78 is 0. The van der Waals surface area contributed by atoms with Crippen LogP contribution in [0.5, 0.6) is 0 Å². The predicted octanol–water partition coefficient (Wildman–Crippen LogP) is 0.950. The Morgan fingerprint density at radius 3 is 2.75 bits per heavy atom. The van der Waals surface area contributed by atoms with Crippen molar-refractivity contribution >= 4 is 11.9 Å². The van der Waals surface area contributed by atoms with Crippen LogP contribution in [0.1, 0.15) is 17.5 Å². The number of carboxylic acids is 1. The fourth-order valence-corrected chi connectivity index (χ4v) is 1.99. The van der Waals surface area contributed by atoms with E-state index in [1.54, 1.807) is 0 Å². The molecule has 16 heavy (non-hydrogen) atoms. The maximum absolute atomic E-state index is 11.6. The first kappa shape index (κ1) is 10.7. The van der Waals surface area contributed by atoms with E-state index >= 15 is 0 Å². The van der Waals surface area contributed by atoms with E-state index in [9.17, 15) is 9.59 Å². The van der Waals surface area contributed by atoms with Gasteiger partial charge in [-0.1, -0.05) is 24.3 Å². The molecule has 0 bridgehead atoms. The fourth-order valence-electron chi connectivity index (χ4n) is 1.99. The summed E-state index contributed by atoms with van der Waals surface area (Å²) in [5.74, 6) is -1.56. The second kappa shape index (κ2) is 4.35. The van der Waals surface area contributed by atoms with E-state index in [0.29, 0.717) is 13.0 Å². The minimum absolute atomic E-state index is 0.111. The highest BCUT2D eigenvalue weighted by Gasteiger charge is 2.25. The van der Waals surface area contributed by atoms with E-state index in [2.05, 4.69) is 5.32 Å². The van der Waals surface area contributed by atoms with Gasteiger partial charge in [0, 0.05) is 6.54 Å². The first-order valence-corrected chi connectivity index (χ1v) is 5.23. The molecule has 2 rings (SSSR count). The highest BCUT2D eigenvalue weighted by molar-refractivity contribution is 5.84. The lowest BCUT2D eigenvalue weighted by atomic mass is 9.94. The van der Waals surface area contributed by atoms with E-state index < -0.39 is 11.9 Å². The van der Waals surface area contributed by atoms with E-state index in [1.807, 2.05) is 24.3 Å². The molecule has 1 unspecified atom stereocenters. The fraction of sp³-hybridized carbons (Fsp3) is 0.333. The van der Waals surface area contributed by atoms with Crippen LogP contribution in [0.15, 0.2) is 24.3 Å². The number of rotatable bonds is 2. The minimum atomic E-state index is -0.931. The van der Waals surface area contributed by atoms with E-state index in [0.717, 1.165) is 11.1 Å². The van der Waals surface area contributed by atoms with Crippen LogP contribution >= 0.6 is 0 Å². The molecule has 84 valence electrons. The molecule has 2 N–H and O–H groups in total. The standard InChI is InChI=1S/C12H13NO3/c14-11(15)6-10-5-8-3-1-2-4-9(8)7-13-12(10)16/h1-4,10H,5-7H2,(H,13,16)(H,14,15). The van der Waals surface area contributed by atoms with Crippen LogP contribution in [0.4, 0.5) is 0 Å². The highest BCUT2D eigenvalue weighted by atomic mass is 16.4. The molecule has 0 saturated carbocycles. The summed E-state index contributed by atoms with van der Waals surface area (Å²) >= 11 is 0. The Balaban J connectivity index is 2.24. The average molecular weight is 219 g/mol. The number of amides is 1. The molecule has 1 amide bonds. The van der Waals surface area contributed by atoms with Crippen molar-refractivity contribution in [2.75, 3.05) is 0 Å². The first-order chi connectivity index (χ1) is 7.66. The molecule has 1 aromatic carbocycles. The van der Waals surface area contributed by atoms with Crippen molar-refractivity contribution in [1.29, 1.82) is 0 Å². The molecule has 4 nitrogen and oxygen atoms in total. The summed E-state index contributed by atoms with van der Waals surface area (Å²) in [6.45, 7) is 0.491. The largest absolute Gasteiger partial charge is 0.481 e. The molecular weight excluding hydrogens is 206 g/mol. The van der Waals surface area contributed by atoms with Crippen LogP contribution < -0.4 is 5.32 Å². The number of benzene rings is 1. The third kappa shape index (κ3) is 2.21. The molecule has 1 heterocycles. The van der Waals surface area contributed by atoms with Gasteiger partial charge in [-0.25, -0.2) is 0 Å². The minimum Gasteiger partial charge on any atom is -0.481 e. The monoisotopic (exact) mass is 219 g/mol. The van der Waals surface area contributed by atoms with Gasteiger partial charge in [0.15, 0.2) is 0 Å². The van der Waals surface area contributed by atoms with Crippen molar-refractivity contribution in [3.63, 3.8) is 0 Å². The van der Waals surface area contributed by atoms with Crippen molar-refractivity contribution in [3.8, 4) is 0 Å². The Morgan fingerprint density at radius 2 is 2.06 bits per heavy atom. The van der Waals surface area contributed by atoms with Crippen molar-refractivity contribution < 1.29 is 14.7 Å². The molecule has 0 aromatic heterocycles.